The van der Waals surface area contributed by atoms with Crippen LogP contribution in [-0.4, -0.2) is 62.6 Å². The first-order valence-corrected chi connectivity index (χ1v) is 38.1. The Balaban J connectivity index is 0.000000130. The molecule has 0 saturated carbocycles. The Bertz CT molecular complexity index is 5490. The quantitative estimate of drug-likeness (QED) is 0.0369. The molecule has 16 aromatic rings. The molecule has 111 heavy (non-hydrogen) atoms. The first-order valence-electron chi connectivity index (χ1n) is 38.1. The Labute approximate surface area is 647 Å². The lowest BCUT2D eigenvalue weighted by atomic mass is 9.86. The SMILES string of the molecule is O=C(O)CCC(c1ccccc1)c1cn(-c2ccccc2)c2ccccc12.O=C(O)CCC(c1ccccc1)c1cn(-c2ccccc2)c2ccccc12.O=C(O)CCCC(c1ccccc1)c1cn(-c2ccccc2)c2ccccc12.O=C(O)CCCCC(c1ccccc1)c1cn(-c2ccccc2)c2ccccc12. The molecule has 0 fully saturated rings. The molecule has 0 spiro atoms. The minimum absolute atomic E-state index is 0.0390. The summed E-state index contributed by atoms with van der Waals surface area (Å²) in [6, 6.07) is 116. The van der Waals surface area contributed by atoms with Crippen LogP contribution in [0, 0.1) is 0 Å². The van der Waals surface area contributed by atoms with Gasteiger partial charge in [-0.1, -0.05) is 273 Å². The number of carboxylic acids is 4. The van der Waals surface area contributed by atoms with Crippen molar-refractivity contribution in [2.75, 3.05) is 0 Å². The monoisotopic (exact) mass is 1460 g/mol. The number of benzene rings is 12. The number of aliphatic carboxylic acids is 4. The molecule has 0 amide bonds. The maximum Gasteiger partial charge on any atom is 0.303 e. The number of fused-ring (bicyclic) bond motifs is 4. The van der Waals surface area contributed by atoms with Crippen LogP contribution in [0.5, 0.6) is 0 Å². The molecule has 0 aliphatic carbocycles. The fourth-order valence-electron chi connectivity index (χ4n) is 15.5. The smallest absolute Gasteiger partial charge is 0.303 e. The molecule has 0 radical (unpaired) electrons. The van der Waals surface area contributed by atoms with Gasteiger partial charge in [-0.25, -0.2) is 0 Å². The van der Waals surface area contributed by atoms with Gasteiger partial charge in [0.1, 0.15) is 0 Å². The molecular formula is C99H90N4O8. The molecule has 0 aliphatic heterocycles. The summed E-state index contributed by atoms with van der Waals surface area (Å²) in [5.41, 5.74) is 18.8. The highest BCUT2D eigenvalue weighted by Crippen LogP contribution is 2.42. The first-order chi connectivity index (χ1) is 54.4. The van der Waals surface area contributed by atoms with Crippen molar-refractivity contribution in [3.63, 3.8) is 0 Å². The van der Waals surface area contributed by atoms with Gasteiger partial charge in [0.05, 0.1) is 22.1 Å². The van der Waals surface area contributed by atoms with Crippen LogP contribution in [0.3, 0.4) is 0 Å². The Kier molecular flexibility index (Phi) is 25.6. The predicted octanol–water partition coefficient (Wildman–Crippen LogP) is 23.7. The van der Waals surface area contributed by atoms with Gasteiger partial charge >= 0.3 is 23.9 Å². The number of carboxylic acid groups (broad SMARTS) is 4. The van der Waals surface area contributed by atoms with E-state index < -0.39 is 23.9 Å². The maximum absolute atomic E-state index is 11.3. The molecule has 0 aliphatic rings. The van der Waals surface area contributed by atoms with Crippen molar-refractivity contribution in [3.8, 4) is 22.7 Å². The fraction of sp³-hybridized carbons (Fsp3) is 0.152. The van der Waals surface area contributed by atoms with Gasteiger partial charge in [-0.05, 0) is 156 Å². The summed E-state index contributed by atoms with van der Waals surface area (Å²) in [5, 5.41) is 41.4. The summed E-state index contributed by atoms with van der Waals surface area (Å²) in [6.45, 7) is 0. The highest BCUT2D eigenvalue weighted by Gasteiger charge is 2.26. The predicted molar refractivity (Wildman–Crippen MR) is 448 cm³/mol. The number of rotatable bonds is 27. The highest BCUT2D eigenvalue weighted by molar-refractivity contribution is 5.90. The maximum atomic E-state index is 11.3. The molecular weight excluding hydrogens is 1370 g/mol. The van der Waals surface area contributed by atoms with Crippen LogP contribution in [0.25, 0.3) is 66.4 Å². The molecule has 0 bridgehead atoms. The van der Waals surface area contributed by atoms with Crippen LogP contribution in [0.4, 0.5) is 0 Å². The van der Waals surface area contributed by atoms with Crippen LogP contribution in [0.15, 0.2) is 365 Å². The van der Waals surface area contributed by atoms with Crippen LogP contribution in [0.1, 0.15) is 139 Å². The third-order valence-electron chi connectivity index (χ3n) is 20.7. The van der Waals surface area contributed by atoms with E-state index in [1.165, 1.54) is 66.0 Å². The lowest BCUT2D eigenvalue weighted by Gasteiger charge is -2.17. The zero-order valence-corrected chi connectivity index (χ0v) is 61.9. The number of aromatic nitrogens is 4. The molecule has 4 aromatic heterocycles. The van der Waals surface area contributed by atoms with Crippen LogP contribution < -0.4 is 0 Å². The van der Waals surface area contributed by atoms with E-state index in [4.69, 9.17) is 10.2 Å². The van der Waals surface area contributed by atoms with Crippen LogP contribution >= 0.6 is 0 Å². The van der Waals surface area contributed by atoms with Gasteiger partial charge in [-0.2, -0.15) is 0 Å². The Hall–Kier alpha value is -13.3. The van der Waals surface area contributed by atoms with E-state index in [-0.39, 0.29) is 49.4 Å². The minimum Gasteiger partial charge on any atom is -0.481 e. The van der Waals surface area contributed by atoms with Crippen LogP contribution in [-0.2, 0) is 19.2 Å². The Morgan fingerprint density at radius 3 is 0.658 bits per heavy atom. The van der Waals surface area contributed by atoms with Gasteiger partial charge in [-0.3, -0.25) is 19.2 Å². The van der Waals surface area contributed by atoms with E-state index in [2.05, 4.69) is 249 Å². The lowest BCUT2D eigenvalue weighted by Crippen LogP contribution is -2.05. The fourth-order valence-corrected chi connectivity index (χ4v) is 15.5. The molecule has 0 saturated heterocycles. The van der Waals surface area contributed by atoms with E-state index in [0.29, 0.717) is 25.7 Å². The summed E-state index contributed by atoms with van der Waals surface area (Å²) in [4.78, 5) is 44.5. The van der Waals surface area contributed by atoms with Gasteiger partial charge < -0.3 is 38.7 Å². The van der Waals surface area contributed by atoms with Crippen molar-refractivity contribution in [2.45, 2.75) is 94.3 Å². The van der Waals surface area contributed by atoms with E-state index in [1.54, 1.807) is 0 Å². The van der Waals surface area contributed by atoms with Crippen molar-refractivity contribution in [1.82, 2.24) is 18.3 Å². The van der Waals surface area contributed by atoms with Gasteiger partial charge in [0.15, 0.2) is 0 Å². The normalized spacial score (nSPS) is 12.1. The molecule has 12 heteroatoms. The summed E-state index contributed by atoms with van der Waals surface area (Å²) >= 11 is 0. The molecule has 4 N–H and O–H groups in total. The van der Waals surface area contributed by atoms with E-state index in [0.717, 1.165) is 64.2 Å². The van der Waals surface area contributed by atoms with Crippen molar-refractivity contribution < 1.29 is 39.6 Å². The first kappa shape index (κ1) is 75.9. The van der Waals surface area contributed by atoms with Gasteiger partial charge in [-0.15, -0.1) is 0 Å². The molecule has 4 heterocycles. The summed E-state index contributed by atoms with van der Waals surface area (Å²) in [5.74, 6) is -2.50. The third kappa shape index (κ3) is 19.0. The topological polar surface area (TPSA) is 169 Å². The van der Waals surface area contributed by atoms with Crippen molar-refractivity contribution in [1.29, 1.82) is 0 Å². The standard InChI is InChI=1S/C26H25NO2.C25H23NO2.2C24H21NO2/c28-26(29)18-10-8-15-22(20-11-3-1-4-12-20)24-19-27(21-13-5-2-6-14-21)25-17-9-7-16-23(24)25;27-25(28)17-9-15-21(19-10-3-1-4-11-19)23-18-26(20-12-5-2-6-13-20)24-16-8-7-14-22(23)24;2*26-24(27)16-15-20(18-9-3-1-4-10-18)22-17-25(19-11-5-2-6-12-19)23-14-8-7-13-21(22)23/h1-7,9,11-14,16-17,19,22H,8,10,15,18H2,(H,28,29);1-8,10-14,16,18,21H,9,15,17H2,(H,27,28);2*1-14,17,20H,15-16H2,(H,26,27). The number of hydrogen-bond acceptors (Lipinski definition) is 4. The number of para-hydroxylation sites is 8. The molecule has 12 nitrogen and oxygen atoms in total. The number of carbonyl (C=O) groups is 4. The van der Waals surface area contributed by atoms with Crippen molar-refractivity contribution in [3.05, 3.63) is 409 Å². The average Bonchev–Trinajstić information content (AvgIpc) is 1.65. The van der Waals surface area contributed by atoms with E-state index in [9.17, 15) is 29.4 Å². The molecule has 4 atom stereocenters. The molecule has 4 unspecified atom stereocenters. The zero-order chi connectivity index (χ0) is 76.7. The second-order valence-corrected chi connectivity index (χ2v) is 27.9. The minimum atomic E-state index is -0.761. The molecule has 554 valence electrons. The van der Waals surface area contributed by atoms with Crippen molar-refractivity contribution >= 4 is 67.5 Å². The highest BCUT2D eigenvalue weighted by atomic mass is 16.4. The van der Waals surface area contributed by atoms with Crippen molar-refractivity contribution in [2.24, 2.45) is 0 Å². The zero-order valence-electron chi connectivity index (χ0n) is 61.9. The largest absolute Gasteiger partial charge is 0.481 e. The summed E-state index contributed by atoms with van der Waals surface area (Å²) in [6.07, 6.45) is 14.6. The molecule has 16 rings (SSSR count). The van der Waals surface area contributed by atoms with E-state index in [1.807, 2.05) is 133 Å². The van der Waals surface area contributed by atoms with Gasteiger partial charge in [0, 0.05) is 118 Å². The van der Waals surface area contributed by atoms with Gasteiger partial charge in [0.2, 0.25) is 0 Å². The second kappa shape index (κ2) is 37.5. The average molecular weight is 1460 g/mol. The number of hydrogen-bond donors (Lipinski definition) is 4. The number of unbranched alkanes of at least 4 members (excludes halogenated alkanes) is 1. The Morgan fingerprint density at radius 2 is 0.414 bits per heavy atom. The van der Waals surface area contributed by atoms with E-state index >= 15 is 0 Å². The third-order valence-corrected chi connectivity index (χ3v) is 20.7. The summed E-state index contributed by atoms with van der Waals surface area (Å²) in [7, 11) is 0. The second-order valence-electron chi connectivity index (χ2n) is 27.9. The van der Waals surface area contributed by atoms with Crippen LogP contribution in [0.2, 0.25) is 0 Å². The number of nitrogens with zero attached hydrogens (tertiary/aromatic N) is 4. The Morgan fingerprint density at radius 1 is 0.216 bits per heavy atom. The van der Waals surface area contributed by atoms with Gasteiger partial charge in [0.25, 0.3) is 0 Å². The molecule has 12 aromatic carbocycles. The lowest BCUT2D eigenvalue weighted by molar-refractivity contribution is -0.138. The summed E-state index contributed by atoms with van der Waals surface area (Å²) < 4.78 is 8.89.